The lowest BCUT2D eigenvalue weighted by molar-refractivity contribution is -0.133. The van der Waals surface area contributed by atoms with E-state index in [0.29, 0.717) is 6.54 Å². The van der Waals surface area contributed by atoms with E-state index in [2.05, 4.69) is 5.10 Å². The standard InChI is InChI=1S/C15H17N3O3/c1-11(18-7-3-6-16-18)15(19)17(2)9-12-4-5-13-14(8-12)21-10-20-13/h3-8,11H,9-10H2,1-2H3/t11-/m0/s1. The Morgan fingerprint density at radius 2 is 2.24 bits per heavy atom. The highest BCUT2D eigenvalue weighted by Crippen LogP contribution is 2.32. The van der Waals surface area contributed by atoms with Gasteiger partial charge in [-0.25, -0.2) is 0 Å². The molecule has 1 aromatic carbocycles. The molecule has 110 valence electrons. The Morgan fingerprint density at radius 3 is 3.00 bits per heavy atom. The van der Waals surface area contributed by atoms with Crippen molar-refractivity contribution in [3.05, 3.63) is 42.2 Å². The van der Waals surface area contributed by atoms with Crippen LogP contribution in [0.5, 0.6) is 11.5 Å². The van der Waals surface area contributed by atoms with Gasteiger partial charge in [0.25, 0.3) is 0 Å². The van der Waals surface area contributed by atoms with Crippen LogP contribution in [0.4, 0.5) is 0 Å². The number of carbonyl (C=O) groups is 1. The molecule has 0 saturated heterocycles. The Kier molecular flexibility index (Phi) is 3.51. The summed E-state index contributed by atoms with van der Waals surface area (Å²) in [5.41, 5.74) is 1.00. The van der Waals surface area contributed by atoms with Crippen molar-refractivity contribution in [3.63, 3.8) is 0 Å². The summed E-state index contributed by atoms with van der Waals surface area (Å²) in [6, 6.07) is 7.20. The zero-order chi connectivity index (χ0) is 14.8. The van der Waals surface area contributed by atoms with Crippen molar-refractivity contribution < 1.29 is 14.3 Å². The maximum atomic E-state index is 12.4. The predicted octanol–water partition coefficient (Wildman–Crippen LogP) is 1.83. The number of amides is 1. The maximum absolute atomic E-state index is 12.4. The molecule has 0 fully saturated rings. The van der Waals surface area contributed by atoms with Crippen LogP contribution in [0, 0.1) is 0 Å². The average molecular weight is 287 g/mol. The summed E-state index contributed by atoms with van der Waals surface area (Å²) in [5.74, 6) is 1.49. The van der Waals surface area contributed by atoms with Crippen LogP contribution in [0.25, 0.3) is 0 Å². The number of aromatic nitrogens is 2. The van der Waals surface area contributed by atoms with Crippen LogP contribution in [0.15, 0.2) is 36.7 Å². The van der Waals surface area contributed by atoms with Crippen molar-refractivity contribution in [2.75, 3.05) is 13.8 Å². The van der Waals surface area contributed by atoms with E-state index < -0.39 is 0 Å². The summed E-state index contributed by atoms with van der Waals surface area (Å²) in [6.45, 7) is 2.61. The van der Waals surface area contributed by atoms with Gasteiger partial charge in [0.05, 0.1) is 0 Å². The molecule has 21 heavy (non-hydrogen) atoms. The van der Waals surface area contributed by atoms with Gasteiger partial charge in [-0.05, 0) is 30.7 Å². The third kappa shape index (κ3) is 2.69. The number of rotatable bonds is 4. The van der Waals surface area contributed by atoms with E-state index >= 15 is 0 Å². The molecular weight excluding hydrogens is 270 g/mol. The van der Waals surface area contributed by atoms with Gasteiger partial charge in [-0.2, -0.15) is 5.10 Å². The molecule has 1 atom stereocenters. The van der Waals surface area contributed by atoms with Crippen LogP contribution in [0.3, 0.4) is 0 Å². The van der Waals surface area contributed by atoms with E-state index in [1.807, 2.05) is 31.2 Å². The van der Waals surface area contributed by atoms with Crippen molar-refractivity contribution in [1.29, 1.82) is 0 Å². The zero-order valence-corrected chi connectivity index (χ0v) is 12.0. The summed E-state index contributed by atoms with van der Waals surface area (Å²) in [6.07, 6.45) is 3.46. The van der Waals surface area contributed by atoms with E-state index in [0.717, 1.165) is 17.1 Å². The Hall–Kier alpha value is -2.50. The van der Waals surface area contributed by atoms with Crippen molar-refractivity contribution >= 4 is 5.91 Å². The van der Waals surface area contributed by atoms with E-state index in [1.54, 1.807) is 29.0 Å². The molecule has 6 nitrogen and oxygen atoms in total. The highest BCUT2D eigenvalue weighted by molar-refractivity contribution is 5.79. The van der Waals surface area contributed by atoms with Crippen LogP contribution < -0.4 is 9.47 Å². The highest BCUT2D eigenvalue weighted by Gasteiger charge is 2.20. The molecule has 3 rings (SSSR count). The lowest BCUT2D eigenvalue weighted by atomic mass is 10.2. The molecule has 1 aromatic heterocycles. The smallest absolute Gasteiger partial charge is 0.247 e. The number of carbonyl (C=O) groups excluding carboxylic acids is 1. The minimum atomic E-state index is -0.320. The van der Waals surface area contributed by atoms with Gasteiger partial charge in [-0.1, -0.05) is 6.07 Å². The number of ether oxygens (including phenoxy) is 2. The second-order valence-corrected chi connectivity index (χ2v) is 5.04. The van der Waals surface area contributed by atoms with Gasteiger partial charge in [-0.3, -0.25) is 9.48 Å². The maximum Gasteiger partial charge on any atom is 0.247 e. The summed E-state index contributed by atoms with van der Waals surface area (Å²) >= 11 is 0. The van der Waals surface area contributed by atoms with Crippen molar-refractivity contribution in [1.82, 2.24) is 14.7 Å². The van der Waals surface area contributed by atoms with Gasteiger partial charge in [0, 0.05) is 26.0 Å². The highest BCUT2D eigenvalue weighted by atomic mass is 16.7. The molecule has 0 spiro atoms. The van der Waals surface area contributed by atoms with Gasteiger partial charge < -0.3 is 14.4 Å². The molecule has 0 unspecified atom stereocenters. The quantitative estimate of drug-likeness (QED) is 0.861. The number of hydrogen-bond acceptors (Lipinski definition) is 4. The van der Waals surface area contributed by atoms with Gasteiger partial charge in [0.1, 0.15) is 6.04 Å². The van der Waals surface area contributed by atoms with Gasteiger partial charge in [0.15, 0.2) is 11.5 Å². The van der Waals surface area contributed by atoms with Crippen LogP contribution >= 0.6 is 0 Å². The third-order valence-electron chi connectivity index (χ3n) is 3.51. The van der Waals surface area contributed by atoms with E-state index in [4.69, 9.17) is 9.47 Å². The normalized spacial score (nSPS) is 14.0. The monoisotopic (exact) mass is 287 g/mol. The number of hydrogen-bond donors (Lipinski definition) is 0. The fraction of sp³-hybridized carbons (Fsp3) is 0.333. The predicted molar refractivity (Wildman–Crippen MR) is 76.0 cm³/mol. The summed E-state index contributed by atoms with van der Waals surface area (Å²) < 4.78 is 12.3. The minimum Gasteiger partial charge on any atom is -0.454 e. The molecule has 1 aliphatic rings. The SMILES string of the molecule is C[C@@H](C(=O)N(C)Cc1ccc2c(c1)OCO2)n1cccn1. The molecule has 0 aliphatic carbocycles. The number of fused-ring (bicyclic) bond motifs is 1. The summed E-state index contributed by atoms with van der Waals surface area (Å²) in [5, 5.41) is 4.11. The fourth-order valence-corrected chi connectivity index (χ4v) is 2.33. The van der Waals surface area contributed by atoms with Crippen molar-refractivity contribution in [2.45, 2.75) is 19.5 Å². The van der Waals surface area contributed by atoms with Crippen LogP contribution in [-0.2, 0) is 11.3 Å². The van der Waals surface area contributed by atoms with Crippen LogP contribution in [-0.4, -0.2) is 34.4 Å². The van der Waals surface area contributed by atoms with Crippen molar-refractivity contribution in [3.8, 4) is 11.5 Å². The lowest BCUT2D eigenvalue weighted by Crippen LogP contribution is -2.32. The molecule has 0 bridgehead atoms. The Balaban J connectivity index is 1.68. The number of nitrogens with zero attached hydrogens (tertiary/aromatic N) is 3. The number of benzene rings is 1. The molecule has 1 aliphatic heterocycles. The van der Waals surface area contributed by atoms with E-state index in [-0.39, 0.29) is 18.7 Å². The van der Waals surface area contributed by atoms with Crippen LogP contribution in [0.1, 0.15) is 18.5 Å². The van der Waals surface area contributed by atoms with Gasteiger partial charge in [-0.15, -0.1) is 0 Å². The Bertz CT molecular complexity index is 640. The molecule has 0 saturated carbocycles. The Morgan fingerprint density at radius 1 is 1.43 bits per heavy atom. The largest absolute Gasteiger partial charge is 0.454 e. The number of likely N-dealkylation sites (N-methyl/N-ethyl adjacent to an activating group) is 1. The summed E-state index contributed by atoms with van der Waals surface area (Å²) in [7, 11) is 1.78. The van der Waals surface area contributed by atoms with E-state index in [1.165, 1.54) is 0 Å². The molecule has 6 heteroatoms. The fourth-order valence-electron chi connectivity index (χ4n) is 2.33. The Labute approximate surface area is 122 Å². The lowest BCUT2D eigenvalue weighted by Gasteiger charge is -2.21. The average Bonchev–Trinajstić information content (AvgIpc) is 3.16. The summed E-state index contributed by atoms with van der Waals surface area (Å²) in [4.78, 5) is 14.1. The minimum absolute atomic E-state index is 0.0105. The topological polar surface area (TPSA) is 56.6 Å². The first-order valence-corrected chi connectivity index (χ1v) is 6.78. The molecule has 0 N–H and O–H groups in total. The first-order chi connectivity index (χ1) is 10.1. The van der Waals surface area contributed by atoms with Crippen molar-refractivity contribution in [2.24, 2.45) is 0 Å². The zero-order valence-electron chi connectivity index (χ0n) is 12.0. The van der Waals surface area contributed by atoms with Gasteiger partial charge in [0.2, 0.25) is 12.7 Å². The first-order valence-electron chi connectivity index (χ1n) is 6.78. The molecule has 0 radical (unpaired) electrons. The first kappa shape index (κ1) is 13.5. The second-order valence-electron chi connectivity index (χ2n) is 5.04. The molecule has 2 heterocycles. The molecule has 1 amide bonds. The van der Waals surface area contributed by atoms with Crippen LogP contribution in [0.2, 0.25) is 0 Å². The molecule has 2 aromatic rings. The third-order valence-corrected chi connectivity index (χ3v) is 3.51. The van der Waals surface area contributed by atoms with Gasteiger partial charge >= 0.3 is 0 Å². The second kappa shape index (κ2) is 5.47. The molecular formula is C15H17N3O3. The van der Waals surface area contributed by atoms with E-state index in [9.17, 15) is 4.79 Å².